The number of fused-ring (bicyclic) bond motifs is 7. The molecule has 1 N–H and O–H groups in total. The number of para-hydroxylation sites is 1. The maximum absolute atomic E-state index is 3.55. The molecular weight excluding hydrogens is 376 g/mol. The molecule has 31 heavy (non-hydrogen) atoms. The van der Waals surface area contributed by atoms with Crippen LogP contribution in [0.2, 0.25) is 0 Å². The molecule has 0 aliphatic carbocycles. The highest BCUT2D eigenvalue weighted by Gasteiger charge is 2.36. The summed E-state index contributed by atoms with van der Waals surface area (Å²) in [7, 11) is 0. The molecule has 0 saturated heterocycles. The van der Waals surface area contributed by atoms with E-state index >= 15 is 0 Å². The zero-order valence-corrected chi connectivity index (χ0v) is 16.9. The molecule has 1 atom stereocenters. The van der Waals surface area contributed by atoms with E-state index in [1.807, 2.05) is 0 Å². The summed E-state index contributed by atoms with van der Waals surface area (Å²) >= 11 is 0. The predicted octanol–water partition coefficient (Wildman–Crippen LogP) is 7.26. The first-order valence-electron chi connectivity index (χ1n) is 10.7. The van der Waals surface area contributed by atoms with Gasteiger partial charge in [-0.1, -0.05) is 84.9 Å². The average molecular weight is 396 g/mol. The van der Waals surface area contributed by atoms with Crippen LogP contribution in [0.4, 0.5) is 5.69 Å². The van der Waals surface area contributed by atoms with Gasteiger partial charge in [-0.15, -0.1) is 0 Å². The number of aromatic amines is 1. The van der Waals surface area contributed by atoms with Gasteiger partial charge in [0.25, 0.3) is 0 Å². The number of H-pyrrole nitrogens is 1. The van der Waals surface area contributed by atoms with Crippen molar-refractivity contribution in [1.82, 2.24) is 4.98 Å². The van der Waals surface area contributed by atoms with Crippen LogP contribution in [0.5, 0.6) is 0 Å². The molecule has 4 aromatic carbocycles. The third-order valence-electron chi connectivity index (χ3n) is 6.65. The van der Waals surface area contributed by atoms with E-state index in [-0.39, 0.29) is 6.04 Å². The maximum Gasteiger partial charge on any atom is 0.0871 e. The van der Waals surface area contributed by atoms with Crippen LogP contribution in [0, 0.1) is 0 Å². The Hall–Kier alpha value is -4.04. The molecule has 146 valence electrons. The fourth-order valence-electron chi connectivity index (χ4n) is 5.36. The Kier molecular flexibility index (Phi) is 3.36. The lowest BCUT2D eigenvalue weighted by Crippen LogP contribution is -2.30. The second-order valence-corrected chi connectivity index (χ2v) is 8.29. The fraction of sp³-hybridized carbons (Fsp3) is 0.0345. The minimum atomic E-state index is 0.106. The molecule has 7 rings (SSSR count). The third-order valence-corrected chi connectivity index (χ3v) is 6.65. The Morgan fingerprint density at radius 2 is 1.42 bits per heavy atom. The van der Waals surface area contributed by atoms with Crippen LogP contribution in [0.25, 0.3) is 33.8 Å². The average Bonchev–Trinajstić information content (AvgIpc) is 3.22. The summed E-state index contributed by atoms with van der Waals surface area (Å²) in [6, 6.07) is 35.1. The van der Waals surface area contributed by atoms with Gasteiger partial charge in [0.2, 0.25) is 0 Å². The van der Waals surface area contributed by atoms with Crippen molar-refractivity contribution in [2.24, 2.45) is 0 Å². The topological polar surface area (TPSA) is 19.0 Å². The highest BCUT2D eigenvalue weighted by Crippen LogP contribution is 2.52. The summed E-state index contributed by atoms with van der Waals surface area (Å²) < 4.78 is 0. The minimum Gasteiger partial charge on any atom is -0.361 e. The largest absolute Gasteiger partial charge is 0.361 e. The Morgan fingerprint density at radius 3 is 2.35 bits per heavy atom. The van der Waals surface area contributed by atoms with Crippen molar-refractivity contribution < 1.29 is 0 Å². The van der Waals surface area contributed by atoms with Crippen molar-refractivity contribution in [2.45, 2.75) is 6.04 Å². The van der Waals surface area contributed by atoms with Gasteiger partial charge in [0, 0.05) is 39.6 Å². The maximum atomic E-state index is 3.55. The Labute approximate surface area is 181 Å². The summed E-state index contributed by atoms with van der Waals surface area (Å²) in [5.41, 5.74) is 11.4. The van der Waals surface area contributed by atoms with E-state index in [0.29, 0.717) is 0 Å². The molecule has 1 aromatic heterocycles. The zero-order chi connectivity index (χ0) is 20.4. The standard InChI is InChI=1S/C29H20N2/c1-2-9-19(10-3-1)27-17-20-11-4-5-12-21(20)29-24-18-30-25-15-8-14-23(28(24)25)22-13-6-7-16-26(22)31(27)29/h1-18,29-30H. The lowest BCUT2D eigenvalue weighted by molar-refractivity contribution is 0.826. The first kappa shape index (κ1) is 16.7. The number of aromatic nitrogens is 1. The van der Waals surface area contributed by atoms with Crippen LogP contribution in [-0.4, -0.2) is 4.98 Å². The van der Waals surface area contributed by atoms with Gasteiger partial charge in [0.1, 0.15) is 0 Å². The number of hydrogen-bond acceptors (Lipinski definition) is 1. The van der Waals surface area contributed by atoms with E-state index < -0.39 is 0 Å². The van der Waals surface area contributed by atoms with E-state index in [1.54, 1.807) is 0 Å². The molecule has 5 aromatic rings. The molecular formula is C29H20N2. The summed E-state index contributed by atoms with van der Waals surface area (Å²) in [5.74, 6) is 0. The van der Waals surface area contributed by atoms with Crippen molar-refractivity contribution in [3.05, 3.63) is 126 Å². The SMILES string of the molecule is C1=C(c2ccccc2)N2c3ccccc3-c3cccc4[nH]cc(c34)C2c2ccccc21. The van der Waals surface area contributed by atoms with Crippen LogP contribution in [0.3, 0.4) is 0 Å². The van der Waals surface area contributed by atoms with E-state index in [0.717, 1.165) is 0 Å². The van der Waals surface area contributed by atoms with E-state index in [9.17, 15) is 0 Å². The van der Waals surface area contributed by atoms with Crippen molar-refractivity contribution in [2.75, 3.05) is 4.90 Å². The summed E-state index contributed by atoms with van der Waals surface area (Å²) in [6.45, 7) is 0. The van der Waals surface area contributed by atoms with E-state index in [2.05, 4.69) is 119 Å². The highest BCUT2D eigenvalue weighted by molar-refractivity contribution is 6.07. The fourth-order valence-corrected chi connectivity index (χ4v) is 5.36. The molecule has 2 nitrogen and oxygen atoms in total. The van der Waals surface area contributed by atoms with Crippen LogP contribution in [0.15, 0.2) is 103 Å². The lowest BCUT2D eigenvalue weighted by Gasteiger charge is -2.39. The summed E-state index contributed by atoms with van der Waals surface area (Å²) in [4.78, 5) is 6.09. The van der Waals surface area contributed by atoms with Crippen molar-refractivity contribution in [3.63, 3.8) is 0 Å². The van der Waals surface area contributed by atoms with Crippen molar-refractivity contribution in [3.8, 4) is 11.1 Å². The summed E-state index contributed by atoms with van der Waals surface area (Å²) in [5, 5.41) is 1.33. The molecule has 0 fully saturated rings. The van der Waals surface area contributed by atoms with Crippen molar-refractivity contribution in [1.29, 1.82) is 0 Å². The number of hydrogen-bond donors (Lipinski definition) is 1. The van der Waals surface area contributed by atoms with Crippen LogP contribution in [-0.2, 0) is 0 Å². The van der Waals surface area contributed by atoms with Gasteiger partial charge in [0.05, 0.1) is 6.04 Å². The molecule has 0 radical (unpaired) electrons. The monoisotopic (exact) mass is 396 g/mol. The summed E-state index contributed by atoms with van der Waals surface area (Å²) in [6.07, 6.45) is 4.56. The second-order valence-electron chi connectivity index (χ2n) is 8.29. The van der Waals surface area contributed by atoms with Crippen molar-refractivity contribution >= 4 is 28.4 Å². The van der Waals surface area contributed by atoms with Gasteiger partial charge in [-0.3, -0.25) is 0 Å². The predicted molar refractivity (Wildman–Crippen MR) is 129 cm³/mol. The van der Waals surface area contributed by atoms with Gasteiger partial charge in [-0.05, 0) is 40.5 Å². The number of benzene rings is 4. The first-order chi connectivity index (χ1) is 15.4. The lowest BCUT2D eigenvalue weighted by atomic mass is 9.87. The van der Waals surface area contributed by atoms with Gasteiger partial charge in [0.15, 0.2) is 0 Å². The number of rotatable bonds is 1. The number of nitrogens with one attached hydrogen (secondary N) is 1. The first-order valence-corrected chi connectivity index (χ1v) is 10.7. The van der Waals surface area contributed by atoms with Crippen LogP contribution >= 0.6 is 0 Å². The van der Waals surface area contributed by atoms with Crippen LogP contribution in [0.1, 0.15) is 28.3 Å². The Balaban J connectivity index is 1.65. The third kappa shape index (κ3) is 2.27. The second kappa shape index (κ2) is 6.23. The normalized spacial score (nSPS) is 16.2. The molecule has 3 heterocycles. The van der Waals surface area contributed by atoms with Gasteiger partial charge in [-0.25, -0.2) is 0 Å². The number of anilines is 1. The van der Waals surface area contributed by atoms with E-state index in [4.69, 9.17) is 0 Å². The molecule has 0 spiro atoms. The molecule has 2 aliphatic heterocycles. The Morgan fingerprint density at radius 1 is 0.645 bits per heavy atom. The molecule has 2 aliphatic rings. The quantitative estimate of drug-likeness (QED) is 0.316. The Bertz CT molecular complexity index is 1490. The zero-order valence-electron chi connectivity index (χ0n) is 16.9. The molecule has 0 amide bonds. The van der Waals surface area contributed by atoms with E-state index in [1.165, 1.54) is 55.7 Å². The highest BCUT2D eigenvalue weighted by atomic mass is 15.2. The number of nitrogens with zero attached hydrogens (tertiary/aromatic N) is 1. The molecule has 2 heteroatoms. The van der Waals surface area contributed by atoms with Gasteiger partial charge < -0.3 is 9.88 Å². The van der Waals surface area contributed by atoms with Gasteiger partial charge in [-0.2, -0.15) is 0 Å². The smallest absolute Gasteiger partial charge is 0.0871 e. The molecule has 0 bridgehead atoms. The van der Waals surface area contributed by atoms with Gasteiger partial charge >= 0.3 is 0 Å². The van der Waals surface area contributed by atoms with Crippen LogP contribution < -0.4 is 4.90 Å². The molecule has 0 saturated carbocycles. The molecule has 1 unspecified atom stereocenters. The minimum absolute atomic E-state index is 0.106.